The molecule has 1 aromatic carbocycles. The topological polar surface area (TPSA) is 105 Å². The molecule has 0 aliphatic carbocycles. The molecule has 1 saturated heterocycles. The van der Waals surface area contributed by atoms with E-state index in [1.54, 1.807) is 12.1 Å². The van der Waals surface area contributed by atoms with E-state index in [1.807, 2.05) is 0 Å². The van der Waals surface area contributed by atoms with E-state index < -0.39 is 23.1 Å². The first-order valence-electron chi connectivity index (χ1n) is 6.77. The number of ether oxygens (including phenoxy) is 1. The smallest absolute Gasteiger partial charge is 0.335 e. The van der Waals surface area contributed by atoms with Crippen molar-refractivity contribution in [3.05, 3.63) is 23.8 Å². The van der Waals surface area contributed by atoms with E-state index >= 15 is 0 Å². The molecule has 1 atom stereocenters. The Kier molecular flexibility index (Phi) is 3.95. The van der Waals surface area contributed by atoms with Crippen molar-refractivity contribution in [2.75, 3.05) is 17.9 Å². The lowest BCUT2D eigenvalue weighted by Crippen LogP contribution is -2.52. The summed E-state index contributed by atoms with van der Waals surface area (Å²) in [6.45, 7) is 0. The highest BCUT2D eigenvalue weighted by atomic mass is 32.2. The summed E-state index contributed by atoms with van der Waals surface area (Å²) < 4.78 is 5.01. The highest BCUT2D eigenvalue weighted by Crippen LogP contribution is 2.35. The number of nitrogens with zero attached hydrogens (tertiary/aromatic N) is 1. The first-order valence-corrected chi connectivity index (χ1v) is 7.81. The van der Waals surface area contributed by atoms with Crippen molar-refractivity contribution in [2.45, 2.75) is 11.7 Å². The van der Waals surface area contributed by atoms with Crippen molar-refractivity contribution in [1.82, 2.24) is 10.6 Å². The molecule has 2 aliphatic heterocycles. The Morgan fingerprint density at radius 2 is 2.22 bits per heavy atom. The molecule has 5 amide bonds. The molecule has 0 bridgehead atoms. The lowest BCUT2D eigenvalue weighted by molar-refractivity contribution is -0.124. The van der Waals surface area contributed by atoms with E-state index in [4.69, 9.17) is 4.74 Å². The maximum atomic E-state index is 12.1. The molecule has 8 nitrogen and oxygen atoms in total. The molecule has 0 radical (unpaired) electrons. The summed E-state index contributed by atoms with van der Waals surface area (Å²) in [6.07, 6.45) is -0.111. The second-order valence-corrected chi connectivity index (χ2v) is 6.11. The van der Waals surface area contributed by atoms with Crippen LogP contribution in [-0.2, 0) is 9.59 Å². The number of imide groups is 2. The van der Waals surface area contributed by atoms with E-state index in [0.29, 0.717) is 22.9 Å². The van der Waals surface area contributed by atoms with Crippen LogP contribution in [0.25, 0.3) is 0 Å². The Hall–Kier alpha value is -2.55. The van der Waals surface area contributed by atoms with Gasteiger partial charge in [0.2, 0.25) is 11.8 Å². The van der Waals surface area contributed by atoms with Crippen LogP contribution in [0.1, 0.15) is 16.8 Å². The predicted molar refractivity (Wildman–Crippen MR) is 82.3 cm³/mol. The first kappa shape index (κ1) is 15.3. The predicted octanol–water partition coefficient (Wildman–Crippen LogP) is 0.471. The second kappa shape index (κ2) is 5.92. The molecule has 9 heteroatoms. The summed E-state index contributed by atoms with van der Waals surface area (Å²) in [7, 11) is 1.48. The van der Waals surface area contributed by atoms with Gasteiger partial charge in [-0.05, 0) is 18.2 Å². The molecular formula is C14H13N3O5S. The lowest BCUT2D eigenvalue weighted by atomic mass is 10.0. The number of carbonyl (C=O) groups excluding carboxylic acids is 4. The fraction of sp³-hybridized carbons (Fsp3) is 0.286. The molecule has 0 aromatic heterocycles. The van der Waals surface area contributed by atoms with Crippen molar-refractivity contribution in [2.24, 2.45) is 0 Å². The first-order chi connectivity index (χ1) is 11.0. The molecule has 0 saturated carbocycles. The van der Waals surface area contributed by atoms with Crippen LogP contribution in [0.3, 0.4) is 0 Å². The van der Waals surface area contributed by atoms with Gasteiger partial charge in [0, 0.05) is 6.42 Å². The van der Waals surface area contributed by atoms with Gasteiger partial charge in [-0.15, -0.1) is 11.8 Å². The van der Waals surface area contributed by atoms with Gasteiger partial charge in [-0.25, -0.2) is 9.69 Å². The van der Waals surface area contributed by atoms with Crippen molar-refractivity contribution < 1.29 is 23.9 Å². The van der Waals surface area contributed by atoms with Crippen LogP contribution >= 0.6 is 11.8 Å². The van der Waals surface area contributed by atoms with Crippen molar-refractivity contribution in [1.29, 1.82) is 0 Å². The summed E-state index contributed by atoms with van der Waals surface area (Å²) in [5.41, 5.74) is 0.770. The molecule has 2 N–H and O–H groups in total. The van der Waals surface area contributed by atoms with Crippen molar-refractivity contribution >= 4 is 41.2 Å². The molecule has 1 fully saturated rings. The summed E-state index contributed by atoms with van der Waals surface area (Å²) >= 11 is 1.30. The third-order valence-corrected chi connectivity index (χ3v) is 4.62. The lowest BCUT2D eigenvalue weighted by Gasteiger charge is -2.31. The number of methoxy groups -OCH3 is 1. The molecule has 1 unspecified atom stereocenters. The summed E-state index contributed by atoms with van der Waals surface area (Å²) in [5.74, 6) is -0.367. The number of urea groups is 1. The molecule has 0 spiro atoms. The van der Waals surface area contributed by atoms with Gasteiger partial charge in [0.05, 0.1) is 29.5 Å². The monoisotopic (exact) mass is 335 g/mol. The van der Waals surface area contributed by atoms with E-state index in [1.165, 1.54) is 24.9 Å². The number of rotatable bonds is 3. The van der Waals surface area contributed by atoms with Gasteiger partial charge in [-0.3, -0.25) is 19.7 Å². The number of fused-ring (bicyclic) bond motifs is 1. The highest BCUT2D eigenvalue weighted by molar-refractivity contribution is 8.01. The van der Waals surface area contributed by atoms with Gasteiger partial charge in [-0.1, -0.05) is 0 Å². The summed E-state index contributed by atoms with van der Waals surface area (Å²) in [4.78, 5) is 48.1. The fourth-order valence-electron chi connectivity index (χ4n) is 2.34. The van der Waals surface area contributed by atoms with Crippen molar-refractivity contribution in [3.63, 3.8) is 0 Å². The van der Waals surface area contributed by atoms with Gasteiger partial charge in [0.1, 0.15) is 5.75 Å². The number of hydrogen-bond acceptors (Lipinski definition) is 6. The number of carbonyl (C=O) groups is 4. The summed E-state index contributed by atoms with van der Waals surface area (Å²) in [6, 6.07) is 3.90. The van der Waals surface area contributed by atoms with Crippen LogP contribution in [0.15, 0.2) is 18.2 Å². The Bertz CT molecular complexity index is 720. The Balaban J connectivity index is 1.63. The highest BCUT2D eigenvalue weighted by Gasteiger charge is 2.39. The number of thioether (sulfide) groups is 1. The number of hydrogen-bond donors (Lipinski definition) is 2. The molecule has 2 heterocycles. The van der Waals surface area contributed by atoms with Crippen LogP contribution in [-0.4, -0.2) is 42.0 Å². The minimum Gasteiger partial charge on any atom is -0.497 e. The normalized spacial score (nSPS) is 18.8. The number of anilines is 1. The van der Waals surface area contributed by atoms with Crippen LogP contribution < -0.4 is 20.3 Å². The van der Waals surface area contributed by atoms with Gasteiger partial charge < -0.3 is 10.1 Å². The largest absolute Gasteiger partial charge is 0.497 e. The average molecular weight is 335 g/mol. The number of amides is 5. The standard InChI is InChI=1S/C14H13N3O5S/c1-22-7-2-3-9-8(4-7)13(20)17(9)14(21)16-11(18)5-10-12(19)15-6-23-10/h2-4,10H,5-6H2,1H3,(H,15,19)(H,16,18,21). The quantitative estimate of drug-likeness (QED) is 0.832. The Morgan fingerprint density at radius 1 is 1.43 bits per heavy atom. The zero-order valence-corrected chi connectivity index (χ0v) is 12.9. The summed E-state index contributed by atoms with van der Waals surface area (Å²) in [5, 5.41) is 4.21. The second-order valence-electron chi connectivity index (χ2n) is 4.92. The van der Waals surface area contributed by atoms with Crippen LogP contribution in [0.2, 0.25) is 0 Å². The molecular weight excluding hydrogens is 322 g/mol. The maximum absolute atomic E-state index is 12.1. The van der Waals surface area contributed by atoms with E-state index in [9.17, 15) is 19.2 Å². The van der Waals surface area contributed by atoms with E-state index in [2.05, 4.69) is 10.6 Å². The van der Waals surface area contributed by atoms with Crippen molar-refractivity contribution in [3.8, 4) is 5.75 Å². The number of nitrogens with one attached hydrogen (secondary N) is 2. The zero-order valence-electron chi connectivity index (χ0n) is 12.1. The van der Waals surface area contributed by atoms with Crippen LogP contribution in [0, 0.1) is 0 Å². The van der Waals surface area contributed by atoms with Gasteiger partial charge >= 0.3 is 6.03 Å². The molecule has 23 heavy (non-hydrogen) atoms. The van der Waals surface area contributed by atoms with E-state index in [-0.39, 0.29) is 12.3 Å². The van der Waals surface area contributed by atoms with Crippen LogP contribution in [0.4, 0.5) is 10.5 Å². The third-order valence-electron chi connectivity index (χ3n) is 3.52. The van der Waals surface area contributed by atoms with Gasteiger partial charge in [0.25, 0.3) is 5.91 Å². The van der Waals surface area contributed by atoms with Crippen LogP contribution in [0.5, 0.6) is 5.75 Å². The Morgan fingerprint density at radius 3 is 2.87 bits per heavy atom. The maximum Gasteiger partial charge on any atom is 0.335 e. The minimum atomic E-state index is -0.818. The van der Waals surface area contributed by atoms with Gasteiger partial charge in [-0.2, -0.15) is 0 Å². The molecule has 2 aliphatic rings. The van der Waals surface area contributed by atoms with E-state index in [0.717, 1.165) is 4.90 Å². The van der Waals surface area contributed by atoms with Gasteiger partial charge in [0.15, 0.2) is 0 Å². The molecule has 3 rings (SSSR count). The zero-order chi connectivity index (χ0) is 16.6. The molecule has 120 valence electrons. The minimum absolute atomic E-state index is 0.111. The number of benzene rings is 1. The third kappa shape index (κ3) is 2.74. The molecule has 1 aromatic rings. The Labute approximate surface area is 135 Å². The fourth-order valence-corrected chi connectivity index (χ4v) is 3.27. The SMILES string of the molecule is COc1ccc2c(c1)C(=O)N2C(=O)NC(=O)CC1SCNC1=O. The average Bonchev–Trinajstić information content (AvgIpc) is 2.91.